The number of hydrogen-bond acceptors (Lipinski definition) is 4. The SMILES string of the molecule is C[C@H](CO)Nc1nc(Cl)cc(Cl)n1. The van der Waals surface area contributed by atoms with Crippen molar-refractivity contribution in [3.05, 3.63) is 16.4 Å². The largest absolute Gasteiger partial charge is 0.394 e. The molecular formula is C7H9Cl2N3O. The number of aliphatic hydroxyl groups is 1. The molecule has 0 saturated heterocycles. The molecule has 13 heavy (non-hydrogen) atoms. The maximum atomic E-state index is 8.75. The van der Waals surface area contributed by atoms with Gasteiger partial charge in [0.25, 0.3) is 0 Å². The Kier molecular flexibility index (Phi) is 3.71. The van der Waals surface area contributed by atoms with Gasteiger partial charge in [-0.1, -0.05) is 23.2 Å². The quantitative estimate of drug-likeness (QED) is 0.762. The fourth-order valence-corrected chi connectivity index (χ4v) is 1.14. The number of aromatic nitrogens is 2. The fraction of sp³-hybridized carbons (Fsp3) is 0.429. The molecule has 1 atom stereocenters. The smallest absolute Gasteiger partial charge is 0.225 e. The highest BCUT2D eigenvalue weighted by Crippen LogP contribution is 2.14. The van der Waals surface area contributed by atoms with Gasteiger partial charge in [-0.15, -0.1) is 0 Å². The Bertz CT molecular complexity index is 275. The van der Waals surface area contributed by atoms with Gasteiger partial charge in [0.1, 0.15) is 10.3 Å². The van der Waals surface area contributed by atoms with Crippen molar-refractivity contribution in [3.8, 4) is 0 Å². The van der Waals surface area contributed by atoms with Crippen molar-refractivity contribution < 1.29 is 5.11 Å². The van der Waals surface area contributed by atoms with E-state index in [0.717, 1.165) is 0 Å². The average Bonchev–Trinajstić information content (AvgIpc) is 2.02. The summed E-state index contributed by atoms with van der Waals surface area (Å²) in [5.41, 5.74) is 0. The normalized spacial score (nSPS) is 12.6. The Morgan fingerprint density at radius 2 is 2.00 bits per heavy atom. The van der Waals surface area contributed by atoms with Gasteiger partial charge >= 0.3 is 0 Å². The second-order valence-electron chi connectivity index (χ2n) is 2.56. The van der Waals surface area contributed by atoms with Crippen LogP contribution < -0.4 is 5.32 Å². The molecule has 1 aromatic rings. The Balaban J connectivity index is 2.77. The van der Waals surface area contributed by atoms with Crippen LogP contribution in [-0.4, -0.2) is 27.7 Å². The van der Waals surface area contributed by atoms with Crippen molar-refractivity contribution in [2.24, 2.45) is 0 Å². The molecule has 0 unspecified atom stereocenters. The lowest BCUT2D eigenvalue weighted by atomic mass is 10.4. The Hall–Kier alpha value is -0.580. The lowest BCUT2D eigenvalue weighted by Gasteiger charge is -2.10. The van der Waals surface area contributed by atoms with Crippen LogP contribution in [-0.2, 0) is 0 Å². The number of rotatable bonds is 3. The summed E-state index contributed by atoms with van der Waals surface area (Å²) in [6.45, 7) is 1.78. The predicted molar refractivity (Wildman–Crippen MR) is 52.2 cm³/mol. The number of anilines is 1. The van der Waals surface area contributed by atoms with Crippen LogP contribution in [0.4, 0.5) is 5.95 Å². The molecule has 72 valence electrons. The van der Waals surface area contributed by atoms with Crippen LogP contribution in [0.1, 0.15) is 6.92 Å². The van der Waals surface area contributed by atoms with Crippen LogP contribution in [0.5, 0.6) is 0 Å². The predicted octanol–water partition coefficient (Wildman–Crippen LogP) is 1.58. The number of aliphatic hydroxyl groups excluding tert-OH is 1. The van der Waals surface area contributed by atoms with Gasteiger partial charge in [-0.25, -0.2) is 9.97 Å². The van der Waals surface area contributed by atoms with Gasteiger partial charge in [0.05, 0.1) is 6.61 Å². The highest BCUT2D eigenvalue weighted by atomic mass is 35.5. The fourth-order valence-electron chi connectivity index (χ4n) is 0.721. The Labute approximate surface area is 85.9 Å². The molecule has 0 aliphatic rings. The van der Waals surface area contributed by atoms with E-state index in [4.69, 9.17) is 28.3 Å². The molecule has 0 aliphatic carbocycles. The van der Waals surface area contributed by atoms with Crippen LogP contribution in [0.3, 0.4) is 0 Å². The molecular weight excluding hydrogens is 213 g/mol. The van der Waals surface area contributed by atoms with E-state index in [1.807, 2.05) is 0 Å². The molecule has 0 fully saturated rings. The van der Waals surface area contributed by atoms with E-state index in [2.05, 4.69) is 15.3 Å². The zero-order valence-corrected chi connectivity index (χ0v) is 8.47. The van der Waals surface area contributed by atoms with Gasteiger partial charge in [-0.05, 0) is 6.92 Å². The minimum atomic E-state index is -0.130. The van der Waals surface area contributed by atoms with Gasteiger partial charge in [0.2, 0.25) is 5.95 Å². The van der Waals surface area contributed by atoms with Crippen molar-refractivity contribution in [1.29, 1.82) is 0 Å². The molecule has 2 N–H and O–H groups in total. The molecule has 0 aliphatic heterocycles. The van der Waals surface area contributed by atoms with Crippen LogP contribution in [0.15, 0.2) is 6.07 Å². The third kappa shape index (κ3) is 3.34. The average molecular weight is 222 g/mol. The van der Waals surface area contributed by atoms with Crippen molar-refractivity contribution in [2.45, 2.75) is 13.0 Å². The van der Waals surface area contributed by atoms with Crippen molar-refractivity contribution in [3.63, 3.8) is 0 Å². The van der Waals surface area contributed by atoms with Crippen LogP contribution in [0, 0.1) is 0 Å². The van der Waals surface area contributed by atoms with Crippen LogP contribution in [0.2, 0.25) is 10.3 Å². The van der Waals surface area contributed by atoms with Crippen molar-refractivity contribution in [2.75, 3.05) is 11.9 Å². The van der Waals surface area contributed by atoms with Gasteiger partial charge in [-0.2, -0.15) is 0 Å². The summed E-state index contributed by atoms with van der Waals surface area (Å²) in [6, 6.07) is 1.31. The highest BCUT2D eigenvalue weighted by Gasteiger charge is 2.04. The Morgan fingerprint density at radius 1 is 1.46 bits per heavy atom. The molecule has 1 aromatic heterocycles. The summed E-state index contributed by atoms with van der Waals surface area (Å²) in [7, 11) is 0. The summed E-state index contributed by atoms with van der Waals surface area (Å²) >= 11 is 11.3. The summed E-state index contributed by atoms with van der Waals surface area (Å²) in [5, 5.41) is 12.1. The zero-order chi connectivity index (χ0) is 9.84. The van der Waals surface area contributed by atoms with Crippen molar-refractivity contribution in [1.82, 2.24) is 9.97 Å². The first-order valence-corrected chi connectivity index (χ1v) is 4.45. The Morgan fingerprint density at radius 3 is 2.46 bits per heavy atom. The molecule has 4 nitrogen and oxygen atoms in total. The molecule has 1 rings (SSSR count). The monoisotopic (exact) mass is 221 g/mol. The molecule has 0 radical (unpaired) electrons. The first kappa shape index (κ1) is 10.5. The van der Waals surface area contributed by atoms with E-state index in [1.54, 1.807) is 6.92 Å². The second kappa shape index (κ2) is 4.60. The molecule has 0 saturated carbocycles. The molecule has 0 spiro atoms. The lowest BCUT2D eigenvalue weighted by Crippen LogP contribution is -2.20. The summed E-state index contributed by atoms with van der Waals surface area (Å²) in [6.07, 6.45) is 0. The third-order valence-electron chi connectivity index (χ3n) is 1.31. The van der Waals surface area contributed by atoms with E-state index in [9.17, 15) is 0 Å². The molecule has 0 amide bonds. The number of hydrogen-bond donors (Lipinski definition) is 2. The maximum absolute atomic E-state index is 8.75. The van der Waals surface area contributed by atoms with Crippen LogP contribution >= 0.6 is 23.2 Å². The maximum Gasteiger partial charge on any atom is 0.225 e. The standard InChI is InChI=1S/C7H9Cl2N3O/c1-4(3-13)10-7-11-5(8)2-6(9)12-7/h2,4,13H,3H2,1H3,(H,10,11,12)/t4-/m1/s1. The summed E-state index contributed by atoms with van der Waals surface area (Å²) in [5.74, 6) is 0.319. The van der Waals surface area contributed by atoms with E-state index in [0.29, 0.717) is 5.95 Å². The van der Waals surface area contributed by atoms with E-state index in [-0.39, 0.29) is 23.0 Å². The number of nitrogens with one attached hydrogen (secondary N) is 1. The molecule has 1 heterocycles. The van der Waals surface area contributed by atoms with Gasteiger partial charge in [0.15, 0.2) is 0 Å². The molecule has 6 heteroatoms. The van der Waals surface area contributed by atoms with Gasteiger partial charge < -0.3 is 10.4 Å². The van der Waals surface area contributed by atoms with Crippen LogP contribution in [0.25, 0.3) is 0 Å². The van der Waals surface area contributed by atoms with E-state index < -0.39 is 0 Å². The molecule has 0 bridgehead atoms. The highest BCUT2D eigenvalue weighted by molar-refractivity contribution is 6.33. The second-order valence-corrected chi connectivity index (χ2v) is 3.34. The summed E-state index contributed by atoms with van der Waals surface area (Å²) < 4.78 is 0. The lowest BCUT2D eigenvalue weighted by molar-refractivity contribution is 0.281. The van der Waals surface area contributed by atoms with E-state index in [1.165, 1.54) is 6.07 Å². The first-order chi connectivity index (χ1) is 6.11. The first-order valence-electron chi connectivity index (χ1n) is 3.69. The summed E-state index contributed by atoms with van der Waals surface area (Å²) in [4.78, 5) is 7.74. The minimum Gasteiger partial charge on any atom is -0.394 e. The zero-order valence-electron chi connectivity index (χ0n) is 6.96. The third-order valence-corrected chi connectivity index (χ3v) is 1.70. The number of halogens is 2. The molecule has 0 aromatic carbocycles. The van der Waals surface area contributed by atoms with Gasteiger partial charge in [-0.3, -0.25) is 0 Å². The van der Waals surface area contributed by atoms with Crippen molar-refractivity contribution >= 4 is 29.2 Å². The topological polar surface area (TPSA) is 58.0 Å². The minimum absolute atomic E-state index is 0.00646. The van der Waals surface area contributed by atoms with E-state index >= 15 is 0 Å². The number of nitrogens with zero attached hydrogens (tertiary/aromatic N) is 2. The van der Waals surface area contributed by atoms with Gasteiger partial charge in [0, 0.05) is 12.1 Å².